The Kier molecular flexibility index (Phi) is 6.02. The molecule has 5 nitrogen and oxygen atoms in total. The van der Waals surface area contributed by atoms with Crippen molar-refractivity contribution in [1.29, 1.82) is 0 Å². The molecule has 0 saturated carbocycles. The highest BCUT2D eigenvalue weighted by Gasteiger charge is 2.29. The van der Waals surface area contributed by atoms with Crippen LogP contribution in [-0.4, -0.2) is 36.4 Å². The Morgan fingerprint density at radius 3 is 2.78 bits per heavy atom. The number of unbranched alkanes of at least 4 members (excludes halogenated alkanes) is 1. The molecule has 1 aliphatic heterocycles. The number of likely N-dealkylation sites (tertiary alicyclic amines) is 1. The molecule has 1 aromatic rings. The second-order valence-corrected chi connectivity index (χ2v) is 6.30. The number of ether oxygens (including phenoxy) is 1. The molecule has 2 amide bonds. The average Bonchev–Trinajstić information content (AvgIpc) is 3.00. The molecule has 1 heterocycles. The molecule has 0 spiro atoms. The molecule has 0 radical (unpaired) electrons. The number of amides is 2. The van der Waals surface area contributed by atoms with E-state index in [1.807, 2.05) is 19.9 Å². The van der Waals surface area contributed by atoms with Crippen molar-refractivity contribution >= 4 is 11.8 Å². The Morgan fingerprint density at radius 1 is 1.30 bits per heavy atom. The summed E-state index contributed by atoms with van der Waals surface area (Å²) in [5.41, 5.74) is 7.59. The minimum absolute atomic E-state index is 0.112. The molecule has 23 heavy (non-hydrogen) atoms. The molecule has 0 bridgehead atoms. The van der Waals surface area contributed by atoms with E-state index in [2.05, 4.69) is 12.1 Å². The number of carbonyl (C=O) groups excluding carboxylic acids is 2. The van der Waals surface area contributed by atoms with Gasteiger partial charge in [-0.3, -0.25) is 9.59 Å². The molecule has 5 heteroatoms. The van der Waals surface area contributed by atoms with E-state index < -0.39 is 0 Å². The number of hydrogen-bond acceptors (Lipinski definition) is 3. The highest BCUT2D eigenvalue weighted by atomic mass is 16.5. The fourth-order valence-corrected chi connectivity index (χ4v) is 2.80. The average molecular weight is 318 g/mol. The second-order valence-electron chi connectivity index (χ2n) is 6.30. The number of nitrogens with zero attached hydrogens (tertiary/aromatic N) is 1. The maximum Gasteiger partial charge on any atom is 0.222 e. The molecule has 1 fully saturated rings. The predicted octanol–water partition coefficient (Wildman–Crippen LogP) is 2.19. The van der Waals surface area contributed by atoms with Crippen LogP contribution in [0.15, 0.2) is 18.2 Å². The lowest BCUT2D eigenvalue weighted by Gasteiger charge is -2.16. The molecule has 1 atom stereocenters. The van der Waals surface area contributed by atoms with E-state index in [4.69, 9.17) is 10.5 Å². The van der Waals surface area contributed by atoms with E-state index in [-0.39, 0.29) is 17.7 Å². The molecule has 0 aromatic heterocycles. The quantitative estimate of drug-likeness (QED) is 0.783. The predicted molar refractivity (Wildman–Crippen MR) is 89.1 cm³/mol. The monoisotopic (exact) mass is 318 g/mol. The molecule has 0 unspecified atom stereocenters. The summed E-state index contributed by atoms with van der Waals surface area (Å²) in [5, 5.41) is 0. The van der Waals surface area contributed by atoms with Crippen LogP contribution in [0.1, 0.15) is 36.8 Å². The lowest BCUT2D eigenvalue weighted by atomic mass is 10.1. The first-order valence-electron chi connectivity index (χ1n) is 8.24. The fourth-order valence-electron chi connectivity index (χ4n) is 2.80. The van der Waals surface area contributed by atoms with Crippen LogP contribution in [0.25, 0.3) is 0 Å². The number of nitrogens with two attached hydrogens (primary N) is 1. The maximum absolute atomic E-state index is 12.1. The second kappa shape index (κ2) is 7.99. The first-order chi connectivity index (χ1) is 11.0. The summed E-state index contributed by atoms with van der Waals surface area (Å²) in [6.07, 6.45) is 2.83. The van der Waals surface area contributed by atoms with E-state index in [0.29, 0.717) is 32.5 Å². The first-order valence-corrected chi connectivity index (χ1v) is 8.24. The summed E-state index contributed by atoms with van der Waals surface area (Å²) in [6, 6.07) is 6.15. The third kappa shape index (κ3) is 4.98. The number of primary amides is 1. The molecule has 1 saturated heterocycles. The van der Waals surface area contributed by atoms with Crippen LogP contribution in [0.2, 0.25) is 0 Å². The highest BCUT2D eigenvalue weighted by Crippen LogP contribution is 2.20. The van der Waals surface area contributed by atoms with Crippen LogP contribution in [0.3, 0.4) is 0 Å². The van der Waals surface area contributed by atoms with Crippen LogP contribution in [0, 0.1) is 19.8 Å². The van der Waals surface area contributed by atoms with Gasteiger partial charge in [-0.2, -0.15) is 0 Å². The van der Waals surface area contributed by atoms with Gasteiger partial charge >= 0.3 is 0 Å². The summed E-state index contributed by atoms with van der Waals surface area (Å²) < 4.78 is 5.79. The van der Waals surface area contributed by atoms with Crippen molar-refractivity contribution in [3.8, 4) is 5.75 Å². The Labute approximate surface area is 137 Å². The number of hydrogen-bond donors (Lipinski definition) is 1. The largest absolute Gasteiger partial charge is 0.493 e. The SMILES string of the molecule is Cc1ccc(C)c(OCCCCC(=O)N2CC[C@H](C(N)=O)C2)c1. The standard InChI is InChI=1S/C18H26N2O3/c1-13-6-7-14(2)16(11-13)23-10-4-3-5-17(21)20-9-8-15(12-20)18(19)22/h6-7,11,15H,3-5,8-10,12H2,1-2H3,(H2,19,22)/t15-/m0/s1. The summed E-state index contributed by atoms with van der Waals surface area (Å²) in [6.45, 7) is 5.81. The minimum atomic E-state index is -0.303. The van der Waals surface area contributed by atoms with Gasteiger partial charge in [0.05, 0.1) is 12.5 Å². The third-order valence-corrected chi connectivity index (χ3v) is 4.33. The van der Waals surface area contributed by atoms with Crippen LogP contribution < -0.4 is 10.5 Å². The Morgan fingerprint density at radius 2 is 2.09 bits per heavy atom. The molecule has 0 aliphatic carbocycles. The molecule has 1 aliphatic rings. The van der Waals surface area contributed by atoms with E-state index in [1.165, 1.54) is 5.56 Å². The molecule has 2 N–H and O–H groups in total. The van der Waals surface area contributed by atoms with Gasteiger partial charge in [-0.05, 0) is 50.3 Å². The fraction of sp³-hybridized carbons (Fsp3) is 0.556. The van der Waals surface area contributed by atoms with Gasteiger partial charge in [-0.25, -0.2) is 0 Å². The summed E-state index contributed by atoms with van der Waals surface area (Å²) >= 11 is 0. The molecular formula is C18H26N2O3. The Balaban J connectivity index is 1.65. The van der Waals surface area contributed by atoms with Crippen LogP contribution >= 0.6 is 0 Å². The zero-order chi connectivity index (χ0) is 16.8. The number of rotatable bonds is 7. The van der Waals surface area contributed by atoms with Crippen molar-refractivity contribution < 1.29 is 14.3 Å². The van der Waals surface area contributed by atoms with E-state index in [1.54, 1.807) is 4.90 Å². The van der Waals surface area contributed by atoms with Crippen molar-refractivity contribution in [3.63, 3.8) is 0 Å². The summed E-state index contributed by atoms with van der Waals surface area (Å²) in [5.74, 6) is 0.550. The molecule has 2 rings (SSSR count). The lowest BCUT2D eigenvalue weighted by Crippen LogP contribution is -2.31. The minimum Gasteiger partial charge on any atom is -0.493 e. The lowest BCUT2D eigenvalue weighted by molar-refractivity contribution is -0.130. The van der Waals surface area contributed by atoms with Gasteiger partial charge in [0.2, 0.25) is 11.8 Å². The zero-order valence-corrected chi connectivity index (χ0v) is 14.0. The maximum atomic E-state index is 12.1. The summed E-state index contributed by atoms with van der Waals surface area (Å²) in [7, 11) is 0. The van der Waals surface area contributed by atoms with Crippen LogP contribution in [0.5, 0.6) is 5.75 Å². The number of aryl methyl sites for hydroxylation is 2. The normalized spacial score (nSPS) is 17.3. The topological polar surface area (TPSA) is 72.6 Å². The van der Waals surface area contributed by atoms with Crippen molar-refractivity contribution in [2.45, 2.75) is 39.5 Å². The van der Waals surface area contributed by atoms with Crippen molar-refractivity contribution in [2.75, 3.05) is 19.7 Å². The Bertz CT molecular complexity index is 571. The smallest absolute Gasteiger partial charge is 0.222 e. The number of carbonyl (C=O) groups is 2. The van der Waals surface area contributed by atoms with Gasteiger partial charge in [-0.15, -0.1) is 0 Å². The summed E-state index contributed by atoms with van der Waals surface area (Å²) in [4.78, 5) is 25.0. The van der Waals surface area contributed by atoms with Gasteiger partial charge in [-0.1, -0.05) is 12.1 Å². The highest BCUT2D eigenvalue weighted by molar-refractivity contribution is 5.81. The van der Waals surface area contributed by atoms with Gasteiger partial charge in [0.25, 0.3) is 0 Å². The van der Waals surface area contributed by atoms with Gasteiger partial charge in [0.1, 0.15) is 5.75 Å². The van der Waals surface area contributed by atoms with Crippen LogP contribution in [0.4, 0.5) is 0 Å². The zero-order valence-electron chi connectivity index (χ0n) is 14.0. The van der Waals surface area contributed by atoms with Crippen molar-refractivity contribution in [1.82, 2.24) is 4.90 Å². The van der Waals surface area contributed by atoms with Crippen molar-refractivity contribution in [3.05, 3.63) is 29.3 Å². The van der Waals surface area contributed by atoms with E-state index in [9.17, 15) is 9.59 Å². The third-order valence-electron chi connectivity index (χ3n) is 4.33. The van der Waals surface area contributed by atoms with Crippen molar-refractivity contribution in [2.24, 2.45) is 11.7 Å². The first kappa shape index (κ1) is 17.3. The molecular weight excluding hydrogens is 292 g/mol. The van der Waals surface area contributed by atoms with Gasteiger partial charge in [0.15, 0.2) is 0 Å². The van der Waals surface area contributed by atoms with Gasteiger partial charge in [0, 0.05) is 19.5 Å². The number of benzene rings is 1. The van der Waals surface area contributed by atoms with Crippen LogP contribution in [-0.2, 0) is 9.59 Å². The van der Waals surface area contributed by atoms with E-state index in [0.717, 1.165) is 24.2 Å². The molecule has 126 valence electrons. The van der Waals surface area contributed by atoms with Gasteiger partial charge < -0.3 is 15.4 Å². The Hall–Kier alpha value is -2.04. The molecule has 1 aromatic carbocycles. The van der Waals surface area contributed by atoms with E-state index >= 15 is 0 Å².